The first kappa shape index (κ1) is 20.7. The van der Waals surface area contributed by atoms with Crippen molar-refractivity contribution in [2.75, 3.05) is 58.5 Å². The fraction of sp³-hybridized carbons (Fsp3) is 0.474. The molecule has 2 fully saturated rings. The van der Waals surface area contributed by atoms with Gasteiger partial charge in [-0.15, -0.1) is 0 Å². The number of urea groups is 1. The Morgan fingerprint density at radius 3 is 2.69 bits per heavy atom. The molecule has 2 N–H and O–H groups in total. The molecule has 0 bridgehead atoms. The minimum Gasteiger partial charge on any atom is -0.497 e. The van der Waals surface area contributed by atoms with E-state index in [9.17, 15) is 14.4 Å². The van der Waals surface area contributed by atoms with Gasteiger partial charge in [0.05, 0.1) is 46.2 Å². The number of imide groups is 2. The first-order valence-electron chi connectivity index (χ1n) is 9.37. The molecular formula is C19H25N4O6+. The van der Waals surface area contributed by atoms with Crippen LogP contribution in [0.5, 0.6) is 11.5 Å². The molecule has 0 spiro atoms. The monoisotopic (exact) mass is 405 g/mol. The zero-order valence-electron chi connectivity index (χ0n) is 16.5. The zero-order chi connectivity index (χ0) is 20.8. The lowest BCUT2D eigenvalue weighted by Crippen LogP contribution is -3.14. The van der Waals surface area contributed by atoms with Crippen LogP contribution in [0.4, 0.5) is 10.5 Å². The van der Waals surface area contributed by atoms with Crippen LogP contribution in [0.15, 0.2) is 23.2 Å². The summed E-state index contributed by atoms with van der Waals surface area (Å²) in [6, 6.07) is 3.89. The van der Waals surface area contributed by atoms with Crippen LogP contribution in [-0.2, 0) is 14.3 Å². The fourth-order valence-electron chi connectivity index (χ4n) is 3.23. The number of methoxy groups -OCH3 is 2. The molecule has 0 unspecified atom stereocenters. The van der Waals surface area contributed by atoms with E-state index in [2.05, 4.69) is 10.3 Å². The number of amides is 4. The molecule has 1 aromatic rings. The Labute approximate surface area is 168 Å². The van der Waals surface area contributed by atoms with Gasteiger partial charge in [-0.1, -0.05) is 0 Å². The third-order valence-corrected chi connectivity index (χ3v) is 4.88. The van der Waals surface area contributed by atoms with Gasteiger partial charge in [0.15, 0.2) is 5.92 Å². The van der Waals surface area contributed by atoms with E-state index in [0.717, 1.165) is 37.7 Å². The number of anilines is 1. The normalized spacial score (nSPS) is 20.8. The van der Waals surface area contributed by atoms with Crippen molar-refractivity contribution in [2.24, 2.45) is 10.9 Å². The second kappa shape index (κ2) is 9.48. The van der Waals surface area contributed by atoms with Gasteiger partial charge in [-0.25, -0.2) is 9.69 Å². The van der Waals surface area contributed by atoms with Crippen molar-refractivity contribution in [3.8, 4) is 11.5 Å². The zero-order valence-corrected chi connectivity index (χ0v) is 16.5. The number of carbonyl (C=O) groups excluding carboxylic acids is 3. The van der Waals surface area contributed by atoms with E-state index in [1.165, 1.54) is 31.4 Å². The number of morpholine rings is 1. The van der Waals surface area contributed by atoms with Crippen molar-refractivity contribution in [1.82, 2.24) is 5.32 Å². The van der Waals surface area contributed by atoms with E-state index in [1.54, 1.807) is 12.1 Å². The Hall–Kier alpha value is -2.98. The second-order valence-corrected chi connectivity index (χ2v) is 6.65. The van der Waals surface area contributed by atoms with Crippen molar-refractivity contribution in [1.29, 1.82) is 0 Å². The van der Waals surface area contributed by atoms with Crippen molar-refractivity contribution in [3.63, 3.8) is 0 Å². The minimum absolute atomic E-state index is 0.193. The molecule has 3 rings (SSSR count). The predicted octanol–water partition coefficient (Wildman–Crippen LogP) is -1.11. The molecule has 10 heteroatoms. The first-order valence-corrected chi connectivity index (χ1v) is 9.37. The van der Waals surface area contributed by atoms with Gasteiger partial charge >= 0.3 is 6.03 Å². The molecule has 0 radical (unpaired) electrons. The Bertz CT molecular complexity index is 806. The number of barbiturate groups is 1. The smallest absolute Gasteiger partial charge is 0.335 e. The number of aliphatic imine (C=N–C) groups is 1. The molecule has 29 heavy (non-hydrogen) atoms. The Kier molecular flexibility index (Phi) is 6.78. The van der Waals surface area contributed by atoms with Gasteiger partial charge in [-0.05, 0) is 12.1 Å². The maximum absolute atomic E-state index is 12.9. The van der Waals surface area contributed by atoms with E-state index in [0.29, 0.717) is 18.0 Å². The highest BCUT2D eigenvalue weighted by molar-refractivity contribution is 6.33. The van der Waals surface area contributed by atoms with Gasteiger partial charge in [-0.2, -0.15) is 0 Å². The first-order chi connectivity index (χ1) is 14.0. The number of quaternary nitrogens is 1. The van der Waals surface area contributed by atoms with Gasteiger partial charge in [0.25, 0.3) is 5.91 Å². The molecule has 2 aliphatic rings. The van der Waals surface area contributed by atoms with Gasteiger partial charge < -0.3 is 19.1 Å². The van der Waals surface area contributed by atoms with Crippen molar-refractivity contribution >= 4 is 29.7 Å². The van der Waals surface area contributed by atoms with Crippen LogP contribution in [0.3, 0.4) is 0 Å². The highest BCUT2D eigenvalue weighted by atomic mass is 16.5. The number of ether oxygens (including phenoxy) is 3. The average Bonchev–Trinajstić information content (AvgIpc) is 2.73. The largest absolute Gasteiger partial charge is 0.497 e. The molecule has 2 saturated heterocycles. The Morgan fingerprint density at radius 2 is 2.00 bits per heavy atom. The van der Waals surface area contributed by atoms with Gasteiger partial charge in [0.1, 0.15) is 24.6 Å². The third-order valence-electron chi connectivity index (χ3n) is 4.88. The van der Waals surface area contributed by atoms with Gasteiger partial charge in [0.2, 0.25) is 5.91 Å². The molecule has 0 aliphatic carbocycles. The summed E-state index contributed by atoms with van der Waals surface area (Å²) in [7, 11) is 2.90. The Balaban J connectivity index is 1.75. The molecule has 2 heterocycles. The summed E-state index contributed by atoms with van der Waals surface area (Å²) in [4.78, 5) is 44.1. The topological polar surface area (TPSA) is 111 Å². The lowest BCUT2D eigenvalue weighted by molar-refractivity contribution is -0.906. The summed E-state index contributed by atoms with van der Waals surface area (Å²) in [6.45, 7) is 4.54. The maximum atomic E-state index is 12.9. The standard InChI is InChI=1S/C19H24N4O6/c1-27-13-3-4-16(28-2)15(11-13)23-18(25)14(17(24)21-19(23)26)12-20-5-6-22-7-9-29-10-8-22/h3-4,11-12,14H,5-10H2,1-2H3,(H,21,24,26)/p+1/t14-/m1/s1. The summed E-state index contributed by atoms with van der Waals surface area (Å²) in [5.74, 6) is -1.83. The number of carbonyl (C=O) groups is 3. The van der Waals surface area contributed by atoms with Gasteiger partial charge in [-0.3, -0.25) is 19.9 Å². The highest BCUT2D eigenvalue weighted by Crippen LogP contribution is 2.34. The SMILES string of the molecule is COc1ccc(OC)c(N2C(=O)NC(=O)[C@@H](C=NCC[NH+]3CCOCC3)C2=O)c1. The van der Waals surface area contributed by atoms with E-state index < -0.39 is 23.8 Å². The molecule has 2 aliphatic heterocycles. The number of benzene rings is 1. The predicted molar refractivity (Wildman–Crippen MR) is 104 cm³/mol. The van der Waals surface area contributed by atoms with Crippen LogP contribution < -0.4 is 24.6 Å². The molecule has 0 aromatic heterocycles. The second-order valence-electron chi connectivity index (χ2n) is 6.65. The van der Waals surface area contributed by atoms with E-state index in [1.807, 2.05) is 0 Å². The molecule has 156 valence electrons. The van der Waals surface area contributed by atoms with Crippen LogP contribution >= 0.6 is 0 Å². The molecular weight excluding hydrogens is 380 g/mol. The average molecular weight is 405 g/mol. The number of nitrogens with zero attached hydrogens (tertiary/aromatic N) is 2. The fourth-order valence-corrected chi connectivity index (χ4v) is 3.23. The molecule has 0 saturated carbocycles. The molecule has 1 aromatic carbocycles. The summed E-state index contributed by atoms with van der Waals surface area (Å²) >= 11 is 0. The van der Waals surface area contributed by atoms with Crippen molar-refractivity contribution < 1.29 is 33.5 Å². The summed E-state index contributed by atoms with van der Waals surface area (Å²) in [6.07, 6.45) is 1.31. The number of hydrogen-bond acceptors (Lipinski definition) is 7. The quantitative estimate of drug-likeness (QED) is 0.440. The molecule has 1 atom stereocenters. The maximum Gasteiger partial charge on any atom is 0.335 e. The number of nitrogens with one attached hydrogen (secondary N) is 2. The van der Waals surface area contributed by atoms with Crippen LogP contribution in [0.2, 0.25) is 0 Å². The van der Waals surface area contributed by atoms with Crippen LogP contribution in [0, 0.1) is 5.92 Å². The lowest BCUT2D eigenvalue weighted by Gasteiger charge is -2.29. The summed E-state index contributed by atoms with van der Waals surface area (Å²) in [5.41, 5.74) is 0.193. The highest BCUT2D eigenvalue weighted by Gasteiger charge is 2.41. The van der Waals surface area contributed by atoms with E-state index >= 15 is 0 Å². The summed E-state index contributed by atoms with van der Waals surface area (Å²) < 4.78 is 15.7. The molecule has 4 amide bonds. The van der Waals surface area contributed by atoms with Crippen LogP contribution in [-0.4, -0.2) is 77.7 Å². The summed E-state index contributed by atoms with van der Waals surface area (Å²) in [5, 5.41) is 2.21. The van der Waals surface area contributed by atoms with E-state index in [4.69, 9.17) is 14.2 Å². The van der Waals surface area contributed by atoms with Crippen molar-refractivity contribution in [2.45, 2.75) is 0 Å². The minimum atomic E-state index is -1.19. The third kappa shape index (κ3) is 4.72. The van der Waals surface area contributed by atoms with Crippen LogP contribution in [0.25, 0.3) is 0 Å². The van der Waals surface area contributed by atoms with Crippen molar-refractivity contribution in [3.05, 3.63) is 18.2 Å². The molecule has 10 nitrogen and oxygen atoms in total. The van der Waals surface area contributed by atoms with Crippen LogP contribution in [0.1, 0.15) is 0 Å². The lowest BCUT2D eigenvalue weighted by atomic mass is 10.1. The Morgan fingerprint density at radius 1 is 1.24 bits per heavy atom. The number of rotatable bonds is 7. The van der Waals surface area contributed by atoms with E-state index in [-0.39, 0.29) is 5.69 Å². The van der Waals surface area contributed by atoms with Gasteiger partial charge in [0, 0.05) is 12.3 Å². The number of hydrogen-bond donors (Lipinski definition) is 2.